The van der Waals surface area contributed by atoms with Gasteiger partial charge in [-0.2, -0.15) is 0 Å². The maximum atomic E-state index is 12.7. The second-order valence-corrected chi connectivity index (χ2v) is 3.36. The molecule has 0 bridgehead atoms. The van der Waals surface area contributed by atoms with E-state index < -0.39 is 5.97 Å². The van der Waals surface area contributed by atoms with Crippen LogP contribution in [0.1, 0.15) is 10.4 Å². The molecule has 0 amide bonds. The van der Waals surface area contributed by atoms with Gasteiger partial charge in [0.1, 0.15) is 5.82 Å². The summed E-state index contributed by atoms with van der Waals surface area (Å²) >= 11 is 0. The summed E-state index contributed by atoms with van der Waals surface area (Å²) in [6.45, 7) is 0. The first kappa shape index (κ1) is 10.4. The van der Waals surface area contributed by atoms with Crippen LogP contribution < -0.4 is 0 Å². The Morgan fingerprint density at radius 3 is 2.25 bits per heavy atom. The van der Waals surface area contributed by atoms with Crippen LogP contribution in [0, 0.1) is 5.82 Å². The van der Waals surface area contributed by atoms with Crippen molar-refractivity contribution in [1.82, 2.24) is 0 Å². The number of hydrogen-bond acceptors (Lipinski definition) is 1. The third kappa shape index (κ3) is 1.93. The van der Waals surface area contributed by atoms with Crippen LogP contribution >= 0.6 is 0 Å². The Kier molecular flexibility index (Phi) is 2.68. The van der Waals surface area contributed by atoms with E-state index in [1.54, 1.807) is 30.3 Å². The van der Waals surface area contributed by atoms with Crippen molar-refractivity contribution in [2.75, 3.05) is 0 Å². The van der Waals surface area contributed by atoms with Gasteiger partial charge in [-0.3, -0.25) is 0 Å². The van der Waals surface area contributed by atoms with Gasteiger partial charge in [-0.1, -0.05) is 30.3 Å². The minimum atomic E-state index is -0.986. The van der Waals surface area contributed by atoms with Gasteiger partial charge in [0, 0.05) is 0 Å². The van der Waals surface area contributed by atoms with E-state index in [4.69, 9.17) is 5.11 Å². The fourth-order valence-electron chi connectivity index (χ4n) is 1.55. The Morgan fingerprint density at radius 1 is 1.00 bits per heavy atom. The molecule has 0 heterocycles. The summed E-state index contributed by atoms with van der Waals surface area (Å²) in [5.41, 5.74) is 1.50. The Morgan fingerprint density at radius 2 is 1.62 bits per heavy atom. The van der Waals surface area contributed by atoms with Gasteiger partial charge < -0.3 is 5.11 Å². The van der Waals surface area contributed by atoms with E-state index in [1.165, 1.54) is 18.2 Å². The molecule has 0 atom stereocenters. The zero-order valence-corrected chi connectivity index (χ0v) is 8.35. The molecule has 0 aromatic heterocycles. The van der Waals surface area contributed by atoms with Gasteiger partial charge in [-0.25, -0.2) is 9.18 Å². The molecule has 2 nitrogen and oxygen atoms in total. The van der Waals surface area contributed by atoms with Crippen LogP contribution in [0.25, 0.3) is 11.1 Å². The molecule has 16 heavy (non-hydrogen) atoms. The van der Waals surface area contributed by atoms with E-state index in [0.29, 0.717) is 11.1 Å². The fraction of sp³-hybridized carbons (Fsp3) is 0. The summed E-state index contributed by atoms with van der Waals surface area (Å²) in [4.78, 5) is 11.0. The third-order valence-electron chi connectivity index (χ3n) is 2.31. The van der Waals surface area contributed by atoms with E-state index >= 15 is 0 Å². The molecule has 2 aromatic rings. The molecule has 0 fully saturated rings. The number of halogens is 1. The van der Waals surface area contributed by atoms with E-state index in [9.17, 15) is 9.18 Å². The smallest absolute Gasteiger partial charge is 0.336 e. The number of rotatable bonds is 2. The molecule has 0 aliphatic heterocycles. The van der Waals surface area contributed by atoms with E-state index in [1.807, 2.05) is 0 Å². The zero-order chi connectivity index (χ0) is 11.5. The van der Waals surface area contributed by atoms with Gasteiger partial charge in [0.15, 0.2) is 0 Å². The van der Waals surface area contributed by atoms with Crippen LogP contribution in [-0.4, -0.2) is 11.1 Å². The highest BCUT2D eigenvalue weighted by atomic mass is 19.1. The predicted octanol–water partition coefficient (Wildman–Crippen LogP) is 3.19. The van der Waals surface area contributed by atoms with Crippen LogP contribution in [0.15, 0.2) is 48.5 Å². The van der Waals surface area contributed by atoms with Gasteiger partial charge in [-0.05, 0) is 29.3 Å². The van der Waals surface area contributed by atoms with Crippen LogP contribution in [0.2, 0.25) is 0 Å². The van der Waals surface area contributed by atoms with Crippen molar-refractivity contribution in [1.29, 1.82) is 0 Å². The molecule has 80 valence electrons. The molecule has 0 aliphatic rings. The number of aromatic carboxylic acids is 1. The predicted molar refractivity (Wildman–Crippen MR) is 58.8 cm³/mol. The highest BCUT2D eigenvalue weighted by Gasteiger charge is 2.10. The second-order valence-electron chi connectivity index (χ2n) is 3.36. The molecule has 2 rings (SSSR count). The monoisotopic (exact) mass is 216 g/mol. The van der Waals surface area contributed by atoms with Crippen molar-refractivity contribution in [3.8, 4) is 11.1 Å². The first-order valence-corrected chi connectivity index (χ1v) is 4.77. The van der Waals surface area contributed by atoms with E-state index in [-0.39, 0.29) is 11.4 Å². The number of carbonyl (C=O) groups is 1. The van der Waals surface area contributed by atoms with E-state index in [2.05, 4.69) is 0 Å². The van der Waals surface area contributed by atoms with E-state index in [0.717, 1.165) is 0 Å². The van der Waals surface area contributed by atoms with Crippen molar-refractivity contribution in [3.05, 3.63) is 59.9 Å². The first-order valence-electron chi connectivity index (χ1n) is 4.77. The largest absolute Gasteiger partial charge is 0.478 e. The molecule has 0 spiro atoms. The second kappa shape index (κ2) is 4.14. The molecule has 3 heteroatoms. The molecular weight excluding hydrogens is 207 g/mol. The Bertz CT molecular complexity index is 518. The summed E-state index contributed by atoms with van der Waals surface area (Å²) in [6, 6.07) is 12.4. The SMILES string of the molecule is O=C(O)c1ccccc1-c1ccc(F)cc1. The van der Waals surface area contributed by atoms with Gasteiger partial charge in [0.05, 0.1) is 5.56 Å². The molecular formula is C13H9FO2. The van der Waals surface area contributed by atoms with Gasteiger partial charge in [-0.15, -0.1) is 0 Å². The fourth-order valence-corrected chi connectivity index (χ4v) is 1.55. The topological polar surface area (TPSA) is 37.3 Å². The van der Waals surface area contributed by atoms with Crippen molar-refractivity contribution in [2.45, 2.75) is 0 Å². The lowest BCUT2D eigenvalue weighted by atomic mass is 10.00. The van der Waals surface area contributed by atoms with Crippen molar-refractivity contribution < 1.29 is 14.3 Å². The molecule has 0 unspecified atom stereocenters. The van der Waals surface area contributed by atoms with Crippen LogP contribution in [-0.2, 0) is 0 Å². The third-order valence-corrected chi connectivity index (χ3v) is 2.31. The minimum absolute atomic E-state index is 0.217. The van der Waals surface area contributed by atoms with Crippen LogP contribution in [0.4, 0.5) is 4.39 Å². The molecule has 0 saturated carbocycles. The Hall–Kier alpha value is -2.16. The van der Waals surface area contributed by atoms with Gasteiger partial charge in [0.25, 0.3) is 0 Å². The number of carboxylic acid groups (broad SMARTS) is 1. The summed E-state index contributed by atoms with van der Waals surface area (Å²) in [7, 11) is 0. The lowest BCUT2D eigenvalue weighted by Gasteiger charge is -2.05. The van der Waals surface area contributed by atoms with Crippen LogP contribution in [0.5, 0.6) is 0 Å². The van der Waals surface area contributed by atoms with Crippen molar-refractivity contribution in [3.63, 3.8) is 0 Å². The molecule has 0 aliphatic carbocycles. The normalized spacial score (nSPS) is 10.1. The molecule has 2 aromatic carbocycles. The van der Waals surface area contributed by atoms with Gasteiger partial charge in [0.2, 0.25) is 0 Å². The lowest BCUT2D eigenvalue weighted by Crippen LogP contribution is -1.98. The minimum Gasteiger partial charge on any atom is -0.478 e. The molecule has 0 saturated heterocycles. The quantitative estimate of drug-likeness (QED) is 0.837. The number of hydrogen-bond donors (Lipinski definition) is 1. The highest BCUT2D eigenvalue weighted by Crippen LogP contribution is 2.23. The first-order chi connectivity index (χ1) is 7.68. The maximum Gasteiger partial charge on any atom is 0.336 e. The summed E-state index contributed by atoms with van der Waals surface area (Å²) < 4.78 is 12.7. The average Bonchev–Trinajstić information content (AvgIpc) is 2.30. The summed E-state index contributed by atoms with van der Waals surface area (Å²) in [6.07, 6.45) is 0. The highest BCUT2D eigenvalue weighted by molar-refractivity contribution is 5.95. The number of carboxylic acids is 1. The lowest BCUT2D eigenvalue weighted by molar-refractivity contribution is 0.0697. The molecule has 0 radical (unpaired) electrons. The van der Waals surface area contributed by atoms with Crippen molar-refractivity contribution >= 4 is 5.97 Å². The van der Waals surface area contributed by atoms with Crippen LogP contribution in [0.3, 0.4) is 0 Å². The Labute approximate surface area is 92.0 Å². The zero-order valence-electron chi connectivity index (χ0n) is 8.35. The standard InChI is InChI=1S/C13H9FO2/c14-10-7-5-9(6-8-10)11-3-1-2-4-12(11)13(15)16/h1-8H,(H,15,16). The van der Waals surface area contributed by atoms with Crippen molar-refractivity contribution in [2.24, 2.45) is 0 Å². The average molecular weight is 216 g/mol. The Balaban J connectivity index is 2.55. The molecule has 1 N–H and O–H groups in total. The maximum absolute atomic E-state index is 12.7. The van der Waals surface area contributed by atoms with Gasteiger partial charge >= 0.3 is 5.97 Å². The summed E-state index contributed by atoms with van der Waals surface area (Å²) in [5, 5.41) is 9.01. The summed E-state index contributed by atoms with van der Waals surface area (Å²) in [5.74, 6) is -1.32. The number of benzene rings is 2.